The lowest BCUT2D eigenvalue weighted by atomic mass is 9.94. The highest BCUT2D eigenvalue weighted by molar-refractivity contribution is 5.70. The zero-order valence-corrected chi connectivity index (χ0v) is 10.6. The van der Waals surface area contributed by atoms with E-state index in [1.807, 2.05) is 14.0 Å². The number of hydrogen-bond donors (Lipinski definition) is 2. The zero-order chi connectivity index (χ0) is 12.1. The number of nitrogens with one attached hydrogen (secondary N) is 1. The Bertz CT molecular complexity index is 231. The number of piperidine rings is 1. The summed E-state index contributed by atoms with van der Waals surface area (Å²) in [4.78, 5) is 13.4. The molecule has 1 aliphatic rings. The maximum atomic E-state index is 11.0. The summed E-state index contributed by atoms with van der Waals surface area (Å²) in [6, 6.07) is 0.617. The van der Waals surface area contributed by atoms with Gasteiger partial charge in [0.2, 0.25) is 0 Å². The van der Waals surface area contributed by atoms with E-state index in [0.717, 1.165) is 13.1 Å². The predicted octanol–water partition coefficient (Wildman–Crippen LogP) is 1.17. The van der Waals surface area contributed by atoms with Crippen molar-refractivity contribution in [2.75, 3.05) is 20.1 Å². The number of hydrogen-bond acceptors (Lipinski definition) is 3. The average Bonchev–Trinajstić information content (AvgIpc) is 2.28. The normalized spacial score (nSPS) is 26.3. The second-order valence-electron chi connectivity index (χ2n) is 4.81. The van der Waals surface area contributed by atoms with Gasteiger partial charge in [0.1, 0.15) is 0 Å². The van der Waals surface area contributed by atoms with Gasteiger partial charge in [-0.25, -0.2) is 0 Å². The lowest BCUT2D eigenvalue weighted by Gasteiger charge is -2.41. The summed E-state index contributed by atoms with van der Waals surface area (Å²) in [5.41, 5.74) is 0. The van der Waals surface area contributed by atoms with Crippen LogP contribution in [0.15, 0.2) is 0 Å². The van der Waals surface area contributed by atoms with Crippen molar-refractivity contribution in [2.45, 2.75) is 45.2 Å². The van der Waals surface area contributed by atoms with Gasteiger partial charge in [-0.2, -0.15) is 0 Å². The quantitative estimate of drug-likeness (QED) is 0.741. The van der Waals surface area contributed by atoms with Crippen LogP contribution in [-0.4, -0.2) is 48.2 Å². The van der Waals surface area contributed by atoms with Crippen molar-refractivity contribution in [3.8, 4) is 0 Å². The Hall–Kier alpha value is -0.610. The molecule has 0 spiro atoms. The molecule has 3 atom stereocenters. The molecule has 0 aliphatic carbocycles. The van der Waals surface area contributed by atoms with Crippen LogP contribution < -0.4 is 5.32 Å². The monoisotopic (exact) mass is 228 g/mol. The van der Waals surface area contributed by atoms with Crippen LogP contribution in [0.5, 0.6) is 0 Å². The fourth-order valence-corrected chi connectivity index (χ4v) is 2.51. The molecule has 16 heavy (non-hydrogen) atoms. The number of carbonyl (C=O) groups is 1. The summed E-state index contributed by atoms with van der Waals surface area (Å²) < 4.78 is 0. The molecule has 0 amide bonds. The molecule has 0 bridgehead atoms. The smallest absolute Gasteiger partial charge is 0.307 e. The molecule has 0 saturated carbocycles. The minimum atomic E-state index is -0.693. The predicted molar refractivity (Wildman–Crippen MR) is 64.5 cm³/mol. The van der Waals surface area contributed by atoms with Crippen LogP contribution in [0.3, 0.4) is 0 Å². The van der Waals surface area contributed by atoms with Gasteiger partial charge in [0.25, 0.3) is 0 Å². The number of likely N-dealkylation sites (tertiary alicyclic amines) is 1. The van der Waals surface area contributed by atoms with E-state index in [2.05, 4.69) is 10.2 Å². The van der Waals surface area contributed by atoms with E-state index < -0.39 is 5.97 Å². The van der Waals surface area contributed by atoms with Crippen LogP contribution in [0.4, 0.5) is 0 Å². The third kappa shape index (κ3) is 3.19. The largest absolute Gasteiger partial charge is 0.481 e. The standard InChI is InChI=1S/C12H24N2O2/c1-9(12(15)16)10(2)14-7-5-4-6-11(14)8-13-3/h9-11,13H,4-8H2,1-3H3,(H,15,16). The van der Waals surface area contributed by atoms with E-state index in [-0.39, 0.29) is 12.0 Å². The SMILES string of the molecule is CNCC1CCCCN1C(C)C(C)C(=O)O. The van der Waals surface area contributed by atoms with E-state index in [4.69, 9.17) is 5.11 Å². The molecule has 1 fully saturated rings. The second kappa shape index (κ2) is 6.21. The van der Waals surface area contributed by atoms with Crippen molar-refractivity contribution in [2.24, 2.45) is 5.92 Å². The third-order valence-electron chi connectivity index (χ3n) is 3.75. The number of carboxylic acids is 1. The van der Waals surface area contributed by atoms with E-state index >= 15 is 0 Å². The summed E-state index contributed by atoms with van der Waals surface area (Å²) in [5.74, 6) is -0.987. The first-order valence-electron chi connectivity index (χ1n) is 6.21. The molecule has 4 heteroatoms. The van der Waals surface area contributed by atoms with Gasteiger partial charge in [-0.3, -0.25) is 9.69 Å². The van der Waals surface area contributed by atoms with Gasteiger partial charge < -0.3 is 10.4 Å². The van der Waals surface area contributed by atoms with Crippen LogP contribution in [0.25, 0.3) is 0 Å². The Labute approximate surface area is 98.0 Å². The van der Waals surface area contributed by atoms with Crippen molar-refractivity contribution >= 4 is 5.97 Å². The maximum absolute atomic E-state index is 11.0. The molecule has 1 rings (SSSR count). The van der Waals surface area contributed by atoms with Gasteiger partial charge in [-0.1, -0.05) is 13.3 Å². The van der Waals surface area contributed by atoms with Gasteiger partial charge in [-0.15, -0.1) is 0 Å². The molecular weight excluding hydrogens is 204 g/mol. The lowest BCUT2D eigenvalue weighted by molar-refractivity contribution is -0.143. The number of rotatable bonds is 5. The Balaban J connectivity index is 2.62. The van der Waals surface area contributed by atoms with Crippen LogP contribution in [0.1, 0.15) is 33.1 Å². The van der Waals surface area contributed by atoms with E-state index in [1.165, 1.54) is 19.3 Å². The number of carboxylic acid groups (broad SMARTS) is 1. The Morgan fingerprint density at radius 1 is 1.50 bits per heavy atom. The molecule has 4 nitrogen and oxygen atoms in total. The molecule has 0 aromatic rings. The highest BCUT2D eigenvalue weighted by atomic mass is 16.4. The van der Waals surface area contributed by atoms with E-state index in [0.29, 0.717) is 6.04 Å². The molecule has 0 radical (unpaired) electrons. The molecule has 0 aromatic carbocycles. The van der Waals surface area contributed by atoms with Crippen molar-refractivity contribution in [3.05, 3.63) is 0 Å². The first-order valence-corrected chi connectivity index (χ1v) is 6.21. The summed E-state index contributed by atoms with van der Waals surface area (Å²) in [6.45, 7) is 5.83. The van der Waals surface area contributed by atoms with Gasteiger partial charge in [0.15, 0.2) is 0 Å². The van der Waals surface area contributed by atoms with Crippen LogP contribution in [0.2, 0.25) is 0 Å². The fraction of sp³-hybridized carbons (Fsp3) is 0.917. The second-order valence-corrected chi connectivity index (χ2v) is 4.81. The van der Waals surface area contributed by atoms with Crippen LogP contribution >= 0.6 is 0 Å². The van der Waals surface area contributed by atoms with Gasteiger partial charge >= 0.3 is 5.97 Å². The highest BCUT2D eigenvalue weighted by Crippen LogP contribution is 2.22. The van der Waals surface area contributed by atoms with Crippen molar-refractivity contribution in [3.63, 3.8) is 0 Å². The number of likely N-dealkylation sites (N-methyl/N-ethyl adjacent to an activating group) is 1. The van der Waals surface area contributed by atoms with Gasteiger partial charge in [0.05, 0.1) is 5.92 Å². The average molecular weight is 228 g/mol. The summed E-state index contributed by atoms with van der Waals surface area (Å²) in [5, 5.41) is 12.3. The van der Waals surface area contributed by atoms with Gasteiger partial charge in [-0.05, 0) is 33.4 Å². The minimum Gasteiger partial charge on any atom is -0.481 e. The lowest BCUT2D eigenvalue weighted by Crippen LogP contribution is -2.52. The van der Waals surface area contributed by atoms with E-state index in [9.17, 15) is 4.79 Å². The van der Waals surface area contributed by atoms with Crippen molar-refractivity contribution in [1.82, 2.24) is 10.2 Å². The summed E-state index contributed by atoms with van der Waals surface area (Å²) in [7, 11) is 1.96. The van der Waals surface area contributed by atoms with Crippen molar-refractivity contribution < 1.29 is 9.90 Å². The topological polar surface area (TPSA) is 52.6 Å². The Kier molecular flexibility index (Phi) is 5.22. The summed E-state index contributed by atoms with van der Waals surface area (Å²) in [6.07, 6.45) is 3.63. The van der Waals surface area contributed by atoms with E-state index in [1.54, 1.807) is 6.92 Å². The molecule has 94 valence electrons. The first kappa shape index (κ1) is 13.5. The minimum absolute atomic E-state index is 0.121. The Morgan fingerprint density at radius 2 is 2.19 bits per heavy atom. The molecule has 0 aromatic heterocycles. The van der Waals surface area contributed by atoms with Gasteiger partial charge in [0, 0.05) is 18.6 Å². The summed E-state index contributed by atoms with van der Waals surface area (Å²) >= 11 is 0. The highest BCUT2D eigenvalue weighted by Gasteiger charge is 2.31. The zero-order valence-electron chi connectivity index (χ0n) is 10.6. The third-order valence-corrected chi connectivity index (χ3v) is 3.75. The number of aliphatic carboxylic acids is 1. The molecular formula is C12H24N2O2. The molecule has 1 aliphatic heterocycles. The fourth-order valence-electron chi connectivity index (χ4n) is 2.51. The van der Waals surface area contributed by atoms with Crippen molar-refractivity contribution in [1.29, 1.82) is 0 Å². The molecule has 1 heterocycles. The first-order chi connectivity index (χ1) is 7.57. The molecule has 1 saturated heterocycles. The Morgan fingerprint density at radius 3 is 2.75 bits per heavy atom. The molecule has 2 N–H and O–H groups in total. The molecule has 3 unspecified atom stereocenters. The number of nitrogens with zero attached hydrogens (tertiary/aromatic N) is 1. The van der Waals surface area contributed by atoms with Crippen LogP contribution in [0, 0.1) is 5.92 Å². The van der Waals surface area contributed by atoms with Crippen LogP contribution in [-0.2, 0) is 4.79 Å². The maximum Gasteiger partial charge on any atom is 0.307 e.